The first-order valence-electron chi connectivity index (χ1n) is 5.93. The molecule has 1 aromatic carbocycles. The van der Waals surface area contributed by atoms with Crippen molar-refractivity contribution in [3.05, 3.63) is 65.7 Å². The van der Waals surface area contributed by atoms with Gasteiger partial charge in [-0.2, -0.15) is 0 Å². The number of hydrogen-bond donors (Lipinski definition) is 0. The summed E-state index contributed by atoms with van der Waals surface area (Å²) >= 11 is 5.71. The minimum Gasteiger partial charge on any atom is -0.0850 e. The number of benzene rings is 1. The molecule has 0 saturated carbocycles. The zero-order chi connectivity index (χ0) is 12.7. The normalized spacial score (nSPS) is 13.9. The molecule has 1 aromatic rings. The highest BCUT2D eigenvalue weighted by molar-refractivity contribution is 6.30. The fourth-order valence-corrected chi connectivity index (χ4v) is 1.72. The first-order valence-corrected chi connectivity index (χ1v) is 6.31. The van der Waals surface area contributed by atoms with Crippen molar-refractivity contribution in [3.63, 3.8) is 0 Å². The number of hydrogen-bond acceptors (Lipinski definition) is 0. The summed E-state index contributed by atoms with van der Waals surface area (Å²) in [5, 5.41) is 0.554. The van der Waals surface area contributed by atoms with Gasteiger partial charge in [-0.15, -0.1) is 0 Å². The third-order valence-electron chi connectivity index (χ3n) is 2.80. The summed E-state index contributed by atoms with van der Waals surface area (Å²) in [6.45, 7) is 8.08. The average Bonchev–Trinajstić information content (AvgIpc) is 2.34. The second-order valence-electron chi connectivity index (χ2n) is 4.10. The SMILES string of the molecule is C=C(Cl)/C=C\C=C(\c1ccccc1)C(C)CC. The lowest BCUT2D eigenvalue weighted by atomic mass is 9.91. The summed E-state index contributed by atoms with van der Waals surface area (Å²) in [7, 11) is 0. The van der Waals surface area contributed by atoms with Gasteiger partial charge in [-0.3, -0.25) is 0 Å². The molecule has 0 aliphatic rings. The van der Waals surface area contributed by atoms with Crippen molar-refractivity contribution in [1.82, 2.24) is 0 Å². The smallest absolute Gasteiger partial charge is 0.0334 e. The molecule has 0 nitrogen and oxygen atoms in total. The van der Waals surface area contributed by atoms with Crippen molar-refractivity contribution >= 4 is 17.2 Å². The minimum absolute atomic E-state index is 0.533. The van der Waals surface area contributed by atoms with E-state index in [1.807, 2.05) is 18.2 Å². The Bertz CT molecular complexity index is 412. The Balaban J connectivity index is 3.00. The summed E-state index contributed by atoms with van der Waals surface area (Å²) in [5.41, 5.74) is 2.61. The maximum absolute atomic E-state index is 5.71. The monoisotopic (exact) mass is 246 g/mol. The Morgan fingerprint density at radius 2 is 2.00 bits per heavy atom. The van der Waals surface area contributed by atoms with Crippen LogP contribution in [0.5, 0.6) is 0 Å². The fraction of sp³-hybridized carbons (Fsp3) is 0.250. The molecule has 0 radical (unpaired) electrons. The number of halogens is 1. The molecule has 0 fully saturated rings. The summed E-state index contributed by atoms with van der Waals surface area (Å²) in [4.78, 5) is 0. The Kier molecular flexibility index (Phi) is 5.79. The molecule has 0 amide bonds. The Morgan fingerprint density at radius 1 is 1.35 bits per heavy atom. The highest BCUT2D eigenvalue weighted by atomic mass is 35.5. The summed E-state index contributed by atoms with van der Waals surface area (Å²) in [6.07, 6.45) is 7.02. The molecular weight excluding hydrogens is 228 g/mol. The van der Waals surface area contributed by atoms with E-state index in [-0.39, 0.29) is 0 Å². The van der Waals surface area contributed by atoms with Crippen LogP contribution in [0, 0.1) is 5.92 Å². The molecule has 0 N–H and O–H groups in total. The lowest BCUT2D eigenvalue weighted by Gasteiger charge is -2.13. The molecular formula is C16H19Cl. The van der Waals surface area contributed by atoms with Crippen molar-refractivity contribution in [3.8, 4) is 0 Å². The van der Waals surface area contributed by atoms with Gasteiger partial charge >= 0.3 is 0 Å². The summed E-state index contributed by atoms with van der Waals surface area (Å²) < 4.78 is 0. The number of allylic oxidation sites excluding steroid dienone is 5. The van der Waals surface area contributed by atoms with Gasteiger partial charge in [-0.25, -0.2) is 0 Å². The van der Waals surface area contributed by atoms with Gasteiger partial charge in [0, 0.05) is 5.03 Å². The van der Waals surface area contributed by atoms with Gasteiger partial charge in [0.25, 0.3) is 0 Å². The van der Waals surface area contributed by atoms with Crippen LogP contribution in [-0.2, 0) is 0 Å². The topological polar surface area (TPSA) is 0 Å². The van der Waals surface area contributed by atoms with Crippen molar-refractivity contribution in [2.45, 2.75) is 20.3 Å². The molecule has 1 heteroatoms. The van der Waals surface area contributed by atoms with Crippen molar-refractivity contribution < 1.29 is 0 Å². The zero-order valence-corrected chi connectivity index (χ0v) is 11.2. The molecule has 17 heavy (non-hydrogen) atoms. The lowest BCUT2D eigenvalue weighted by molar-refractivity contribution is 0.718. The van der Waals surface area contributed by atoms with E-state index in [2.05, 4.69) is 50.8 Å². The van der Waals surface area contributed by atoms with E-state index in [0.717, 1.165) is 6.42 Å². The van der Waals surface area contributed by atoms with Crippen LogP contribution in [0.4, 0.5) is 0 Å². The van der Waals surface area contributed by atoms with Gasteiger partial charge in [-0.05, 0) is 29.6 Å². The van der Waals surface area contributed by atoms with Crippen LogP contribution in [0.2, 0.25) is 0 Å². The maximum atomic E-state index is 5.71. The second-order valence-corrected chi connectivity index (χ2v) is 4.59. The molecule has 0 aliphatic carbocycles. The van der Waals surface area contributed by atoms with Crippen molar-refractivity contribution in [1.29, 1.82) is 0 Å². The van der Waals surface area contributed by atoms with E-state index in [1.165, 1.54) is 11.1 Å². The van der Waals surface area contributed by atoms with Gasteiger partial charge in [0.15, 0.2) is 0 Å². The molecule has 0 heterocycles. The predicted octanol–water partition coefficient (Wildman–Crippen LogP) is 5.42. The Hall–Kier alpha value is -1.27. The Morgan fingerprint density at radius 3 is 2.53 bits per heavy atom. The highest BCUT2D eigenvalue weighted by Crippen LogP contribution is 2.25. The molecule has 0 aliphatic heterocycles. The van der Waals surface area contributed by atoms with E-state index in [1.54, 1.807) is 0 Å². The first-order chi connectivity index (χ1) is 8.15. The highest BCUT2D eigenvalue weighted by Gasteiger charge is 2.07. The first kappa shape index (κ1) is 13.8. The second kappa shape index (κ2) is 7.13. The van der Waals surface area contributed by atoms with Crippen molar-refractivity contribution in [2.75, 3.05) is 0 Å². The van der Waals surface area contributed by atoms with E-state index in [9.17, 15) is 0 Å². The Labute approximate surface area is 109 Å². The zero-order valence-electron chi connectivity index (χ0n) is 10.5. The third kappa shape index (κ3) is 4.62. The van der Waals surface area contributed by atoms with E-state index in [0.29, 0.717) is 11.0 Å². The van der Waals surface area contributed by atoms with Gasteiger partial charge in [0.1, 0.15) is 0 Å². The molecule has 1 unspecified atom stereocenters. The van der Waals surface area contributed by atoms with Gasteiger partial charge in [-0.1, -0.05) is 74.5 Å². The van der Waals surface area contributed by atoms with E-state index in [4.69, 9.17) is 11.6 Å². The quantitative estimate of drug-likeness (QED) is 0.608. The van der Waals surface area contributed by atoms with Crippen LogP contribution in [-0.4, -0.2) is 0 Å². The molecule has 1 rings (SSSR count). The van der Waals surface area contributed by atoms with Crippen molar-refractivity contribution in [2.24, 2.45) is 5.92 Å². The van der Waals surface area contributed by atoms with E-state index < -0.39 is 0 Å². The molecule has 0 bridgehead atoms. The van der Waals surface area contributed by atoms with Gasteiger partial charge in [0.05, 0.1) is 0 Å². The summed E-state index contributed by atoms with van der Waals surface area (Å²) in [6, 6.07) is 10.4. The predicted molar refractivity (Wildman–Crippen MR) is 78.0 cm³/mol. The van der Waals surface area contributed by atoms with Crippen LogP contribution < -0.4 is 0 Å². The summed E-state index contributed by atoms with van der Waals surface area (Å²) in [5.74, 6) is 0.533. The van der Waals surface area contributed by atoms with Crippen LogP contribution in [0.15, 0.2) is 60.2 Å². The molecule has 1 atom stereocenters. The third-order valence-corrected chi connectivity index (χ3v) is 2.93. The van der Waals surface area contributed by atoms with Gasteiger partial charge < -0.3 is 0 Å². The average molecular weight is 247 g/mol. The molecule has 90 valence electrons. The molecule has 0 saturated heterocycles. The van der Waals surface area contributed by atoms with Crippen LogP contribution in [0.25, 0.3) is 5.57 Å². The number of rotatable bonds is 5. The fourth-order valence-electron chi connectivity index (χ4n) is 1.65. The largest absolute Gasteiger partial charge is 0.0850 e. The minimum atomic E-state index is 0.533. The maximum Gasteiger partial charge on any atom is 0.0334 e. The van der Waals surface area contributed by atoms with Crippen LogP contribution >= 0.6 is 11.6 Å². The van der Waals surface area contributed by atoms with Crippen LogP contribution in [0.1, 0.15) is 25.8 Å². The standard InChI is InChI=1S/C16H19Cl/c1-4-13(2)16(12-8-9-14(3)17)15-10-6-5-7-11-15/h5-13H,3-4H2,1-2H3/b9-8-,16-12+. The molecule has 0 spiro atoms. The molecule has 0 aromatic heterocycles. The lowest BCUT2D eigenvalue weighted by Crippen LogP contribution is -1.96. The van der Waals surface area contributed by atoms with Crippen LogP contribution in [0.3, 0.4) is 0 Å². The van der Waals surface area contributed by atoms with E-state index >= 15 is 0 Å². The van der Waals surface area contributed by atoms with Gasteiger partial charge in [0.2, 0.25) is 0 Å².